The Labute approximate surface area is 110 Å². The fourth-order valence-electron chi connectivity index (χ4n) is 1.50. The molecular weight excluding hydrogens is 252 g/mol. The number of benzene rings is 1. The smallest absolute Gasteiger partial charge is 0.157 e. The number of rotatable bonds is 4. The van der Waals surface area contributed by atoms with Crippen molar-refractivity contribution in [2.75, 3.05) is 17.6 Å². The summed E-state index contributed by atoms with van der Waals surface area (Å²) >= 11 is 5.77. The van der Waals surface area contributed by atoms with Gasteiger partial charge in [-0.3, -0.25) is 0 Å². The summed E-state index contributed by atoms with van der Waals surface area (Å²) in [5.41, 5.74) is 6.81. The van der Waals surface area contributed by atoms with E-state index in [-0.39, 0.29) is 10.8 Å². The molecule has 1 heterocycles. The molecule has 1 aromatic heterocycles. The molecule has 1 atom stereocenters. The first kappa shape index (κ1) is 12.6. The van der Waals surface area contributed by atoms with Crippen LogP contribution in [0.5, 0.6) is 0 Å². The van der Waals surface area contributed by atoms with E-state index in [4.69, 9.17) is 17.3 Å². The molecule has 18 heavy (non-hydrogen) atoms. The number of aliphatic hydroxyl groups excluding tert-OH is 1. The van der Waals surface area contributed by atoms with Gasteiger partial charge in [-0.2, -0.15) is 0 Å². The maximum atomic E-state index is 9.96. The van der Waals surface area contributed by atoms with Gasteiger partial charge in [0.25, 0.3) is 0 Å². The van der Waals surface area contributed by atoms with Crippen LogP contribution in [0.25, 0.3) is 0 Å². The van der Waals surface area contributed by atoms with Crippen LogP contribution in [-0.4, -0.2) is 21.6 Å². The number of nitrogens with two attached hydrogens (primary N) is 1. The fraction of sp³-hybridized carbons (Fsp3) is 0.167. The minimum absolute atomic E-state index is 0.196. The van der Waals surface area contributed by atoms with Crippen molar-refractivity contribution in [2.45, 2.75) is 6.10 Å². The van der Waals surface area contributed by atoms with Crippen molar-refractivity contribution >= 4 is 23.1 Å². The maximum absolute atomic E-state index is 9.96. The third kappa shape index (κ3) is 2.88. The molecule has 0 aliphatic rings. The van der Waals surface area contributed by atoms with Gasteiger partial charge in [-0.25, -0.2) is 9.97 Å². The molecule has 0 aliphatic heterocycles. The van der Waals surface area contributed by atoms with E-state index in [0.717, 1.165) is 5.56 Å². The second kappa shape index (κ2) is 5.66. The number of aromatic nitrogens is 2. The second-order valence-electron chi connectivity index (χ2n) is 3.73. The van der Waals surface area contributed by atoms with Gasteiger partial charge in [0.1, 0.15) is 12.0 Å². The minimum Gasteiger partial charge on any atom is -0.393 e. The Hall–Kier alpha value is -1.85. The Morgan fingerprint density at radius 3 is 2.72 bits per heavy atom. The molecule has 0 amide bonds. The first-order chi connectivity index (χ1) is 8.68. The molecule has 0 bridgehead atoms. The van der Waals surface area contributed by atoms with Gasteiger partial charge >= 0.3 is 0 Å². The Morgan fingerprint density at radius 2 is 2.00 bits per heavy atom. The van der Waals surface area contributed by atoms with E-state index in [1.165, 1.54) is 6.33 Å². The molecule has 0 aliphatic carbocycles. The lowest BCUT2D eigenvalue weighted by Crippen LogP contribution is -2.14. The highest BCUT2D eigenvalue weighted by Gasteiger charge is 2.09. The number of halogens is 1. The highest BCUT2D eigenvalue weighted by molar-refractivity contribution is 6.32. The van der Waals surface area contributed by atoms with Gasteiger partial charge in [-0.15, -0.1) is 0 Å². The lowest BCUT2D eigenvalue weighted by atomic mass is 10.1. The molecule has 0 fully saturated rings. The van der Waals surface area contributed by atoms with Crippen LogP contribution in [0.15, 0.2) is 36.7 Å². The number of nitrogen functional groups attached to an aromatic ring is 1. The Morgan fingerprint density at radius 1 is 1.28 bits per heavy atom. The van der Waals surface area contributed by atoms with Crippen LogP contribution in [0.1, 0.15) is 11.7 Å². The van der Waals surface area contributed by atoms with E-state index in [2.05, 4.69) is 15.3 Å². The number of aliphatic hydroxyl groups is 1. The molecule has 5 nitrogen and oxygen atoms in total. The SMILES string of the molecule is Nc1c(Cl)ncnc1NCC(O)c1ccccc1. The molecule has 1 unspecified atom stereocenters. The Kier molecular flexibility index (Phi) is 3.96. The van der Waals surface area contributed by atoms with Crippen molar-refractivity contribution in [2.24, 2.45) is 0 Å². The van der Waals surface area contributed by atoms with Gasteiger partial charge in [0.2, 0.25) is 0 Å². The van der Waals surface area contributed by atoms with Crippen LogP contribution >= 0.6 is 11.6 Å². The van der Waals surface area contributed by atoms with E-state index in [0.29, 0.717) is 12.4 Å². The number of anilines is 2. The topological polar surface area (TPSA) is 84.1 Å². The molecule has 2 rings (SSSR count). The van der Waals surface area contributed by atoms with Crippen LogP contribution in [0.3, 0.4) is 0 Å². The van der Waals surface area contributed by atoms with Gasteiger partial charge in [0.05, 0.1) is 6.10 Å². The highest BCUT2D eigenvalue weighted by Crippen LogP contribution is 2.22. The van der Waals surface area contributed by atoms with E-state index >= 15 is 0 Å². The molecule has 0 spiro atoms. The monoisotopic (exact) mass is 264 g/mol. The quantitative estimate of drug-likeness (QED) is 0.734. The van der Waals surface area contributed by atoms with Gasteiger partial charge in [-0.05, 0) is 5.56 Å². The summed E-state index contributed by atoms with van der Waals surface area (Å²) in [5, 5.41) is 13.1. The summed E-state index contributed by atoms with van der Waals surface area (Å²) in [6, 6.07) is 9.33. The van der Waals surface area contributed by atoms with E-state index in [1.54, 1.807) is 0 Å². The molecule has 0 saturated carbocycles. The summed E-state index contributed by atoms with van der Waals surface area (Å²) in [6.45, 7) is 0.293. The number of nitrogens with one attached hydrogen (secondary N) is 1. The number of nitrogens with zero attached hydrogens (tertiary/aromatic N) is 2. The predicted octanol–water partition coefficient (Wildman–Crippen LogP) is 1.86. The first-order valence-electron chi connectivity index (χ1n) is 5.41. The molecule has 1 aromatic carbocycles. The third-order valence-corrected chi connectivity index (χ3v) is 2.78. The largest absolute Gasteiger partial charge is 0.393 e. The standard InChI is InChI=1S/C12H13ClN4O/c13-11-10(14)12(17-7-16-11)15-6-9(18)8-4-2-1-3-5-8/h1-5,7,9,18H,6,14H2,(H,15,16,17). The zero-order chi connectivity index (χ0) is 13.0. The van der Waals surface area contributed by atoms with Crippen LogP contribution in [-0.2, 0) is 0 Å². The Bertz CT molecular complexity index is 521. The van der Waals surface area contributed by atoms with Crippen molar-refractivity contribution in [3.05, 3.63) is 47.4 Å². The van der Waals surface area contributed by atoms with Crippen molar-refractivity contribution in [3.8, 4) is 0 Å². The van der Waals surface area contributed by atoms with Crippen molar-refractivity contribution < 1.29 is 5.11 Å². The van der Waals surface area contributed by atoms with Gasteiger partial charge in [0.15, 0.2) is 11.0 Å². The molecule has 0 radical (unpaired) electrons. The number of hydrogen-bond donors (Lipinski definition) is 3. The van der Waals surface area contributed by atoms with Crippen LogP contribution in [0.4, 0.5) is 11.5 Å². The van der Waals surface area contributed by atoms with Gasteiger partial charge < -0.3 is 16.2 Å². The maximum Gasteiger partial charge on any atom is 0.157 e. The average Bonchev–Trinajstić information content (AvgIpc) is 2.41. The average molecular weight is 265 g/mol. The normalized spacial score (nSPS) is 12.1. The Balaban J connectivity index is 2.02. The second-order valence-corrected chi connectivity index (χ2v) is 4.09. The lowest BCUT2D eigenvalue weighted by Gasteiger charge is -2.13. The van der Waals surface area contributed by atoms with Gasteiger partial charge in [-0.1, -0.05) is 41.9 Å². The zero-order valence-electron chi connectivity index (χ0n) is 9.55. The summed E-state index contributed by atoms with van der Waals surface area (Å²) in [6.07, 6.45) is 0.676. The summed E-state index contributed by atoms with van der Waals surface area (Å²) in [5.74, 6) is 0.421. The predicted molar refractivity (Wildman–Crippen MR) is 71.3 cm³/mol. The zero-order valence-corrected chi connectivity index (χ0v) is 10.3. The molecule has 6 heteroatoms. The van der Waals surface area contributed by atoms with Gasteiger partial charge in [0, 0.05) is 6.54 Å². The van der Waals surface area contributed by atoms with E-state index in [1.807, 2.05) is 30.3 Å². The third-order valence-electron chi connectivity index (χ3n) is 2.48. The van der Waals surface area contributed by atoms with Crippen LogP contribution in [0, 0.1) is 0 Å². The summed E-state index contributed by atoms with van der Waals surface area (Å²) < 4.78 is 0. The van der Waals surface area contributed by atoms with Crippen LogP contribution in [0.2, 0.25) is 5.15 Å². The van der Waals surface area contributed by atoms with Crippen LogP contribution < -0.4 is 11.1 Å². The lowest BCUT2D eigenvalue weighted by molar-refractivity contribution is 0.191. The first-order valence-corrected chi connectivity index (χ1v) is 5.79. The molecule has 4 N–H and O–H groups in total. The molecular formula is C12H13ClN4O. The molecule has 2 aromatic rings. The van der Waals surface area contributed by atoms with Crippen molar-refractivity contribution in [3.63, 3.8) is 0 Å². The molecule has 94 valence electrons. The highest BCUT2D eigenvalue weighted by atomic mass is 35.5. The van der Waals surface area contributed by atoms with E-state index in [9.17, 15) is 5.11 Å². The van der Waals surface area contributed by atoms with Crippen molar-refractivity contribution in [1.29, 1.82) is 0 Å². The summed E-state index contributed by atoms with van der Waals surface area (Å²) in [4.78, 5) is 7.71. The summed E-state index contributed by atoms with van der Waals surface area (Å²) in [7, 11) is 0. The minimum atomic E-state index is -0.639. The number of hydrogen-bond acceptors (Lipinski definition) is 5. The fourth-order valence-corrected chi connectivity index (χ4v) is 1.63. The molecule has 0 saturated heterocycles. The van der Waals surface area contributed by atoms with E-state index < -0.39 is 6.10 Å². The van der Waals surface area contributed by atoms with Crippen molar-refractivity contribution in [1.82, 2.24) is 9.97 Å².